The van der Waals surface area contributed by atoms with Crippen molar-refractivity contribution in [1.29, 1.82) is 0 Å². The van der Waals surface area contributed by atoms with E-state index < -0.39 is 13.3 Å². The second-order valence-corrected chi connectivity index (χ2v) is 14.6. The molecular formula is C18H18Ge. The Hall–Kier alpha value is -1.54. The van der Waals surface area contributed by atoms with Gasteiger partial charge in [-0.05, 0) is 0 Å². The molecule has 1 heterocycles. The molecule has 1 aliphatic heterocycles. The Kier molecular flexibility index (Phi) is 3.20. The van der Waals surface area contributed by atoms with E-state index in [1.165, 1.54) is 11.1 Å². The van der Waals surface area contributed by atoms with E-state index in [0.717, 1.165) is 0 Å². The molecule has 0 aromatic heterocycles. The van der Waals surface area contributed by atoms with E-state index in [1.807, 2.05) is 0 Å². The fourth-order valence-electron chi connectivity index (χ4n) is 2.88. The molecule has 0 nitrogen and oxygen atoms in total. The van der Waals surface area contributed by atoms with Gasteiger partial charge >= 0.3 is 118 Å². The molecule has 0 atom stereocenters. The van der Waals surface area contributed by atoms with Gasteiger partial charge in [-0.15, -0.1) is 0 Å². The summed E-state index contributed by atoms with van der Waals surface area (Å²) in [5, 5.41) is 0. The average Bonchev–Trinajstić information content (AvgIpc) is 2.76. The summed E-state index contributed by atoms with van der Waals surface area (Å²) in [6, 6.07) is 21.7. The van der Waals surface area contributed by atoms with Crippen LogP contribution in [0.15, 0.2) is 72.8 Å². The molecule has 0 saturated heterocycles. The summed E-state index contributed by atoms with van der Waals surface area (Å²) in [7, 11) is 0. The topological polar surface area (TPSA) is 0 Å². The van der Waals surface area contributed by atoms with Crippen LogP contribution in [0.4, 0.5) is 0 Å². The summed E-state index contributed by atoms with van der Waals surface area (Å²) in [5.41, 5.74) is 2.80. The van der Waals surface area contributed by atoms with Crippen molar-refractivity contribution in [1.82, 2.24) is 0 Å². The fraction of sp³-hybridized carbons (Fsp3) is 0.111. The van der Waals surface area contributed by atoms with Gasteiger partial charge < -0.3 is 0 Å². The fourth-order valence-corrected chi connectivity index (χ4v) is 9.31. The summed E-state index contributed by atoms with van der Waals surface area (Å²) >= 11 is -2.12. The number of hydrogen-bond acceptors (Lipinski definition) is 0. The molecular weight excluding hydrogens is 289 g/mol. The zero-order chi connectivity index (χ0) is 13.3. The van der Waals surface area contributed by atoms with Crippen LogP contribution in [0.3, 0.4) is 0 Å². The van der Waals surface area contributed by atoms with E-state index in [-0.39, 0.29) is 0 Å². The maximum absolute atomic E-state index is 2.49. The molecule has 0 radical (unpaired) electrons. The Morgan fingerprint density at radius 2 is 0.947 bits per heavy atom. The molecule has 1 aliphatic rings. The maximum atomic E-state index is 2.49. The molecule has 0 saturated carbocycles. The first-order valence-electron chi connectivity index (χ1n) is 6.73. The molecule has 0 N–H and O–H groups in total. The van der Waals surface area contributed by atoms with Gasteiger partial charge in [0.1, 0.15) is 0 Å². The molecule has 0 bridgehead atoms. The molecule has 2 aromatic rings. The van der Waals surface area contributed by atoms with Crippen LogP contribution in [-0.2, 0) is 0 Å². The monoisotopic (exact) mass is 308 g/mol. The third kappa shape index (κ3) is 2.21. The van der Waals surface area contributed by atoms with Crippen molar-refractivity contribution in [3.05, 3.63) is 83.9 Å². The normalized spacial score (nSPS) is 16.9. The van der Waals surface area contributed by atoms with Crippen LogP contribution in [0.25, 0.3) is 8.81 Å². The Bertz CT molecular complexity index is 576. The van der Waals surface area contributed by atoms with Crippen molar-refractivity contribution in [3.63, 3.8) is 0 Å². The molecule has 1 heteroatoms. The molecule has 0 spiro atoms. The molecule has 0 unspecified atom stereocenters. The van der Waals surface area contributed by atoms with Gasteiger partial charge in [0.15, 0.2) is 0 Å². The van der Waals surface area contributed by atoms with Crippen molar-refractivity contribution >= 4 is 22.1 Å². The number of hydrogen-bond donors (Lipinski definition) is 0. The molecule has 0 aliphatic carbocycles. The molecule has 19 heavy (non-hydrogen) atoms. The minimum absolute atomic E-state index is 1.40. The summed E-state index contributed by atoms with van der Waals surface area (Å²) < 4.78 is 3.17. The van der Waals surface area contributed by atoms with Gasteiger partial charge in [0, 0.05) is 0 Å². The van der Waals surface area contributed by atoms with Gasteiger partial charge in [0.05, 0.1) is 0 Å². The van der Waals surface area contributed by atoms with E-state index in [0.29, 0.717) is 0 Å². The predicted molar refractivity (Wildman–Crippen MR) is 86.3 cm³/mol. The summed E-state index contributed by atoms with van der Waals surface area (Å²) in [6.45, 7) is 0. The van der Waals surface area contributed by atoms with Crippen LogP contribution in [0.1, 0.15) is 11.1 Å². The third-order valence-electron chi connectivity index (χ3n) is 3.93. The Morgan fingerprint density at radius 3 is 1.32 bits per heavy atom. The molecule has 3 rings (SSSR count). The van der Waals surface area contributed by atoms with Crippen LogP contribution in [-0.4, -0.2) is 13.3 Å². The Balaban J connectivity index is 1.99. The average molecular weight is 307 g/mol. The van der Waals surface area contributed by atoms with E-state index >= 15 is 0 Å². The molecule has 0 amide bonds. The zero-order valence-corrected chi connectivity index (χ0v) is 13.5. The van der Waals surface area contributed by atoms with Gasteiger partial charge in [0.2, 0.25) is 0 Å². The standard InChI is InChI=1S/C18H18Ge/c1-19(2)17(15-9-5-3-6-10-15)13-14-18(19)16-11-7-4-8-12-16/h3-14H,1-2H3. The van der Waals surface area contributed by atoms with Crippen LogP contribution < -0.4 is 0 Å². The van der Waals surface area contributed by atoms with Gasteiger partial charge in [-0.2, -0.15) is 0 Å². The van der Waals surface area contributed by atoms with Crippen LogP contribution >= 0.6 is 0 Å². The van der Waals surface area contributed by atoms with Crippen LogP contribution in [0.2, 0.25) is 11.5 Å². The summed E-state index contributed by atoms with van der Waals surface area (Å²) in [4.78, 5) is 0. The first kappa shape index (κ1) is 12.5. The summed E-state index contributed by atoms with van der Waals surface area (Å²) in [6.07, 6.45) is 4.69. The van der Waals surface area contributed by atoms with Gasteiger partial charge in [0.25, 0.3) is 0 Å². The van der Waals surface area contributed by atoms with Crippen molar-refractivity contribution in [3.8, 4) is 0 Å². The predicted octanol–water partition coefficient (Wildman–Crippen LogP) is 4.95. The van der Waals surface area contributed by atoms with Crippen LogP contribution in [0, 0.1) is 0 Å². The van der Waals surface area contributed by atoms with Crippen molar-refractivity contribution in [2.75, 3.05) is 0 Å². The Labute approximate surface area is 117 Å². The second kappa shape index (κ2) is 4.86. The SMILES string of the molecule is [CH3][Ge]1([CH3])[C](c2ccccc2)=CC=[C]1c1ccccc1. The molecule has 0 fully saturated rings. The van der Waals surface area contributed by atoms with Gasteiger partial charge in [-0.3, -0.25) is 0 Å². The second-order valence-electron chi connectivity index (χ2n) is 5.52. The van der Waals surface area contributed by atoms with Gasteiger partial charge in [-0.1, -0.05) is 0 Å². The van der Waals surface area contributed by atoms with E-state index in [1.54, 1.807) is 8.81 Å². The summed E-state index contributed by atoms with van der Waals surface area (Å²) in [5.74, 6) is 4.98. The van der Waals surface area contributed by atoms with E-state index in [9.17, 15) is 0 Å². The van der Waals surface area contributed by atoms with E-state index in [4.69, 9.17) is 0 Å². The molecule has 2 aromatic carbocycles. The first-order valence-corrected chi connectivity index (χ1v) is 13.0. The number of allylic oxidation sites excluding steroid dienone is 2. The first-order chi connectivity index (χ1) is 9.19. The Morgan fingerprint density at radius 1 is 0.579 bits per heavy atom. The zero-order valence-electron chi connectivity index (χ0n) is 11.4. The van der Waals surface area contributed by atoms with Crippen molar-refractivity contribution in [2.24, 2.45) is 0 Å². The third-order valence-corrected chi connectivity index (χ3v) is 11.5. The van der Waals surface area contributed by atoms with Crippen molar-refractivity contribution < 1.29 is 0 Å². The van der Waals surface area contributed by atoms with Crippen LogP contribution in [0.5, 0.6) is 0 Å². The molecule has 94 valence electrons. The minimum atomic E-state index is -2.12. The van der Waals surface area contributed by atoms with E-state index in [2.05, 4.69) is 84.3 Å². The van der Waals surface area contributed by atoms with Crippen molar-refractivity contribution in [2.45, 2.75) is 11.5 Å². The number of benzene rings is 2. The van der Waals surface area contributed by atoms with Gasteiger partial charge in [-0.25, -0.2) is 0 Å². The number of rotatable bonds is 2. The quantitative estimate of drug-likeness (QED) is 0.688.